The average molecular weight is 685 g/mol. The number of carbonyl (C=O) groups is 3. The number of nitrogens with zero attached hydrogens (tertiary/aromatic N) is 4. The highest BCUT2D eigenvalue weighted by molar-refractivity contribution is 7.52. The van der Waals surface area contributed by atoms with Crippen LogP contribution in [0.3, 0.4) is 0 Å². The van der Waals surface area contributed by atoms with E-state index in [1.165, 1.54) is 29.9 Å². The first-order valence-electron chi connectivity index (χ1n) is 15.5. The zero-order chi connectivity index (χ0) is 34.5. The van der Waals surface area contributed by atoms with E-state index in [-0.39, 0.29) is 36.7 Å². The summed E-state index contributed by atoms with van der Waals surface area (Å²) >= 11 is 0. The Hall–Kier alpha value is -4.55. The van der Waals surface area contributed by atoms with Crippen molar-refractivity contribution in [2.45, 2.75) is 76.4 Å². The summed E-state index contributed by atoms with van der Waals surface area (Å²) in [5, 5.41) is 17.5. The van der Waals surface area contributed by atoms with Crippen molar-refractivity contribution in [3.8, 4) is 11.8 Å². The minimum atomic E-state index is -4.51. The van der Waals surface area contributed by atoms with Crippen molar-refractivity contribution in [3.05, 3.63) is 54.5 Å². The Morgan fingerprint density at radius 3 is 2.52 bits per heavy atom. The molecule has 0 spiro atoms. The number of anilines is 1. The number of para-hydroxylation sites is 1. The number of fused-ring (bicyclic) bond motifs is 1. The monoisotopic (exact) mass is 684 g/mol. The molecular formula is C31H37N6O10P. The second-order valence-corrected chi connectivity index (χ2v) is 13.1. The summed E-state index contributed by atoms with van der Waals surface area (Å²) in [6, 6.07) is 12.1. The fraction of sp³-hybridized carbons (Fsp3) is 0.484. The normalized spacial score (nSPS) is 23.8. The number of nitrogens with two attached hydrogens (primary N) is 1. The van der Waals surface area contributed by atoms with Crippen LogP contribution < -0.4 is 15.3 Å². The Labute approximate surface area is 276 Å². The number of benzene rings is 1. The fourth-order valence-corrected chi connectivity index (χ4v) is 6.50. The molecule has 256 valence electrons. The Morgan fingerprint density at radius 2 is 1.85 bits per heavy atom. The highest BCUT2D eigenvalue weighted by Crippen LogP contribution is 2.50. The van der Waals surface area contributed by atoms with Crippen LogP contribution in [0.4, 0.5) is 5.82 Å². The van der Waals surface area contributed by atoms with Crippen molar-refractivity contribution in [1.82, 2.24) is 19.7 Å². The molecule has 17 heteroatoms. The van der Waals surface area contributed by atoms with Crippen LogP contribution in [0.25, 0.3) is 5.52 Å². The zero-order valence-electron chi connectivity index (χ0n) is 26.6. The lowest BCUT2D eigenvalue weighted by Crippen LogP contribution is -2.49. The number of aromatic nitrogens is 3. The standard InChI is InChI=1S/C31H37N6O10P/c1-4-24(38)44-27-26(22-13-14-23-29(33)34-18-35-37(22)23)46-31(16-32,28(27)45-25(39)5-2)17-43-48(41,47-21-9-7-6-8-10-21)36-19(3)30(40)42-15-20-11-12-20/h6-10,13-14,18-20,26-28H,4-5,11-12,15,17H2,1-3H3,(H,36,41)(H2,33,34,35)/t19-,26-,27-,28-,31+,48-/m0/s1. The number of nitrogen functional groups attached to an aromatic ring is 1. The molecule has 2 fully saturated rings. The number of ether oxygens (including phenoxy) is 4. The number of hydrogen-bond acceptors (Lipinski definition) is 14. The van der Waals surface area contributed by atoms with Crippen molar-refractivity contribution in [3.63, 3.8) is 0 Å². The van der Waals surface area contributed by atoms with Crippen LogP contribution in [0.1, 0.15) is 58.3 Å². The molecule has 16 nitrogen and oxygen atoms in total. The molecule has 2 aliphatic rings. The van der Waals surface area contributed by atoms with Gasteiger partial charge in [0.05, 0.1) is 12.3 Å². The van der Waals surface area contributed by atoms with Crippen molar-refractivity contribution < 1.29 is 46.9 Å². The first-order valence-corrected chi connectivity index (χ1v) is 17.1. The molecule has 3 N–H and O–H groups in total. The van der Waals surface area contributed by atoms with E-state index in [0.717, 1.165) is 12.8 Å². The Morgan fingerprint density at radius 1 is 1.15 bits per heavy atom. The molecule has 6 atom stereocenters. The van der Waals surface area contributed by atoms with Gasteiger partial charge in [-0.1, -0.05) is 32.0 Å². The number of carbonyl (C=O) groups excluding carboxylic acids is 3. The minimum absolute atomic E-state index is 0.0451. The minimum Gasteiger partial charge on any atom is -0.464 e. The van der Waals surface area contributed by atoms with Gasteiger partial charge in [0.1, 0.15) is 42.4 Å². The summed E-state index contributed by atoms with van der Waals surface area (Å²) in [6.45, 7) is 3.95. The van der Waals surface area contributed by atoms with Gasteiger partial charge in [0.2, 0.25) is 5.60 Å². The SMILES string of the molecule is CCC(=O)O[C@H]1[C@H](c2ccc3c(N)ncnn23)O[C@](C#N)(CO[P@@](=O)(N[C@@H](C)C(=O)OCC2CC2)Oc2ccccc2)[C@H]1OC(=O)CC. The van der Waals surface area contributed by atoms with Crippen LogP contribution in [0.2, 0.25) is 0 Å². The predicted molar refractivity (Wildman–Crippen MR) is 167 cm³/mol. The molecule has 0 bridgehead atoms. The highest BCUT2D eigenvalue weighted by Gasteiger charge is 2.62. The summed E-state index contributed by atoms with van der Waals surface area (Å²) < 4.78 is 50.4. The average Bonchev–Trinajstić information content (AvgIpc) is 3.74. The van der Waals surface area contributed by atoms with E-state index in [4.69, 9.17) is 33.7 Å². The van der Waals surface area contributed by atoms with Gasteiger partial charge in [0.25, 0.3) is 0 Å². The van der Waals surface area contributed by atoms with Gasteiger partial charge in [0, 0.05) is 12.8 Å². The Kier molecular flexibility index (Phi) is 10.6. The summed E-state index contributed by atoms with van der Waals surface area (Å²) in [7, 11) is -4.51. The van der Waals surface area contributed by atoms with Gasteiger partial charge >= 0.3 is 25.7 Å². The van der Waals surface area contributed by atoms with Crippen molar-refractivity contribution >= 4 is 37.0 Å². The third kappa shape index (κ3) is 7.77. The van der Waals surface area contributed by atoms with Gasteiger partial charge in [-0.05, 0) is 49.9 Å². The van der Waals surface area contributed by atoms with E-state index in [2.05, 4.69) is 15.2 Å². The lowest BCUT2D eigenvalue weighted by atomic mass is 9.95. The zero-order valence-corrected chi connectivity index (χ0v) is 27.5. The summed E-state index contributed by atoms with van der Waals surface area (Å²) in [5.41, 5.74) is 4.50. The van der Waals surface area contributed by atoms with E-state index < -0.39 is 62.2 Å². The highest BCUT2D eigenvalue weighted by atomic mass is 31.2. The van der Waals surface area contributed by atoms with Gasteiger partial charge in [-0.2, -0.15) is 15.4 Å². The molecule has 1 saturated carbocycles. The van der Waals surface area contributed by atoms with Crippen LogP contribution in [-0.2, 0) is 42.4 Å². The predicted octanol–water partition coefficient (Wildman–Crippen LogP) is 3.42. The molecule has 0 radical (unpaired) electrons. The molecule has 1 aliphatic heterocycles. The van der Waals surface area contributed by atoms with Crippen LogP contribution in [0, 0.1) is 17.2 Å². The van der Waals surface area contributed by atoms with Crippen LogP contribution in [0.15, 0.2) is 48.8 Å². The number of rotatable bonds is 15. The topological polar surface area (TPSA) is 216 Å². The maximum atomic E-state index is 14.3. The van der Waals surface area contributed by atoms with Crippen LogP contribution in [-0.4, -0.2) is 69.6 Å². The first kappa shape index (κ1) is 34.8. The third-order valence-corrected chi connectivity index (χ3v) is 9.39. The molecule has 0 amide bonds. The lowest BCUT2D eigenvalue weighted by Gasteiger charge is -2.30. The second-order valence-electron chi connectivity index (χ2n) is 11.4. The van der Waals surface area contributed by atoms with Crippen molar-refractivity contribution in [2.75, 3.05) is 18.9 Å². The molecule has 2 aromatic heterocycles. The molecule has 1 saturated heterocycles. The van der Waals surface area contributed by atoms with Gasteiger partial charge in [-0.15, -0.1) is 0 Å². The van der Waals surface area contributed by atoms with Crippen molar-refractivity contribution in [2.24, 2.45) is 5.92 Å². The maximum absolute atomic E-state index is 14.3. The van der Waals surface area contributed by atoms with Gasteiger partial charge < -0.3 is 29.2 Å². The molecule has 1 aromatic carbocycles. The van der Waals surface area contributed by atoms with E-state index >= 15 is 0 Å². The number of nitriles is 1. The maximum Gasteiger partial charge on any atom is 0.459 e. The number of nitrogens with one attached hydrogen (secondary N) is 1. The molecule has 5 rings (SSSR count). The van der Waals surface area contributed by atoms with Crippen LogP contribution >= 0.6 is 7.75 Å². The summed E-state index contributed by atoms with van der Waals surface area (Å²) in [4.78, 5) is 42.2. The van der Waals surface area contributed by atoms with E-state index in [1.807, 2.05) is 6.07 Å². The summed E-state index contributed by atoms with van der Waals surface area (Å²) in [6.07, 6.45) is -1.22. The number of esters is 3. The quantitative estimate of drug-likeness (QED) is 0.133. The van der Waals surface area contributed by atoms with Gasteiger partial charge in [0.15, 0.2) is 18.0 Å². The van der Waals surface area contributed by atoms with Gasteiger partial charge in [-0.3, -0.25) is 18.9 Å². The smallest absolute Gasteiger partial charge is 0.459 e. The molecule has 3 aromatic rings. The largest absolute Gasteiger partial charge is 0.464 e. The van der Waals surface area contributed by atoms with E-state index in [0.29, 0.717) is 11.4 Å². The molecular weight excluding hydrogens is 647 g/mol. The van der Waals surface area contributed by atoms with E-state index in [1.54, 1.807) is 44.2 Å². The molecule has 48 heavy (non-hydrogen) atoms. The Bertz CT molecular complexity index is 1730. The molecule has 0 unspecified atom stereocenters. The second kappa shape index (κ2) is 14.7. The summed E-state index contributed by atoms with van der Waals surface area (Å²) in [5.74, 6) is -1.52. The Balaban J connectivity index is 1.50. The van der Waals surface area contributed by atoms with E-state index in [9.17, 15) is 24.2 Å². The van der Waals surface area contributed by atoms with Crippen molar-refractivity contribution in [1.29, 1.82) is 5.26 Å². The fourth-order valence-electron chi connectivity index (χ4n) is 4.98. The molecule has 3 heterocycles. The lowest BCUT2D eigenvalue weighted by molar-refractivity contribution is -0.169. The third-order valence-electron chi connectivity index (χ3n) is 7.77. The van der Waals surface area contributed by atoms with Crippen LogP contribution in [0.5, 0.6) is 5.75 Å². The number of hydrogen-bond donors (Lipinski definition) is 2. The molecule has 1 aliphatic carbocycles. The van der Waals surface area contributed by atoms with Gasteiger partial charge in [-0.25, -0.2) is 14.1 Å². The first-order chi connectivity index (χ1) is 23.0.